The summed E-state index contributed by atoms with van der Waals surface area (Å²) in [6.07, 6.45) is 1.84. The van der Waals surface area contributed by atoms with Gasteiger partial charge in [0.1, 0.15) is 4.64 Å². The molecule has 3 aromatic rings. The molecule has 0 amide bonds. The van der Waals surface area contributed by atoms with Crippen LogP contribution in [0, 0.1) is 11.6 Å². The number of fused-ring (bicyclic) bond motifs is 1. The molecule has 0 saturated heterocycles. The van der Waals surface area contributed by atoms with Gasteiger partial charge in [0.15, 0.2) is 0 Å². The quantitative estimate of drug-likeness (QED) is 0.610. The maximum atomic E-state index is 5.47. The first-order chi connectivity index (χ1) is 9.70. The van der Waals surface area contributed by atoms with E-state index in [1.54, 1.807) is 0 Å². The predicted octanol–water partition coefficient (Wildman–Crippen LogP) is 5.52. The summed E-state index contributed by atoms with van der Waals surface area (Å²) in [6, 6.07) is 16.7. The lowest BCUT2D eigenvalue weighted by Crippen LogP contribution is -1.92. The minimum absolute atomic E-state index is 0.732. The first-order valence-corrected chi connectivity index (χ1v) is 6.96. The van der Waals surface area contributed by atoms with Crippen molar-refractivity contribution in [2.24, 2.45) is 0 Å². The Hall–Kier alpha value is -2.19. The molecule has 2 aromatic carbocycles. The van der Waals surface area contributed by atoms with E-state index < -0.39 is 0 Å². The summed E-state index contributed by atoms with van der Waals surface area (Å²) >= 11 is 5.47. The van der Waals surface area contributed by atoms with E-state index in [-0.39, 0.29) is 0 Å². The van der Waals surface area contributed by atoms with Crippen LogP contribution in [-0.4, -0.2) is 4.98 Å². The van der Waals surface area contributed by atoms with Gasteiger partial charge in [-0.05, 0) is 24.6 Å². The van der Waals surface area contributed by atoms with Gasteiger partial charge in [0.2, 0.25) is 0 Å². The van der Waals surface area contributed by atoms with E-state index in [2.05, 4.69) is 48.8 Å². The Morgan fingerprint density at radius 1 is 1.10 bits per heavy atom. The van der Waals surface area contributed by atoms with Crippen LogP contribution in [0.25, 0.3) is 28.1 Å². The molecule has 98 valence electrons. The number of aromatic nitrogens is 1. The molecule has 0 aliphatic rings. The highest BCUT2D eigenvalue weighted by Gasteiger charge is 2.10. The number of benzene rings is 2. The number of pyridine rings is 1. The van der Waals surface area contributed by atoms with Crippen LogP contribution in [0.15, 0.2) is 55.1 Å². The van der Waals surface area contributed by atoms with Crippen LogP contribution in [0.4, 0.5) is 0 Å². The maximum absolute atomic E-state index is 5.47. The van der Waals surface area contributed by atoms with E-state index in [1.807, 2.05) is 24.3 Å². The van der Waals surface area contributed by atoms with Crippen molar-refractivity contribution in [1.82, 2.24) is 4.98 Å². The molecule has 0 spiro atoms. The number of hydrogen-bond donors (Lipinski definition) is 1. The molecule has 20 heavy (non-hydrogen) atoms. The number of hydrogen-bond acceptors (Lipinski definition) is 1. The first kappa shape index (κ1) is 12.8. The summed E-state index contributed by atoms with van der Waals surface area (Å²) in [5.74, 6) is 0. The summed E-state index contributed by atoms with van der Waals surface area (Å²) in [5.41, 5.74) is 5.60. The number of rotatable bonds is 2. The summed E-state index contributed by atoms with van der Waals surface area (Å²) in [4.78, 5) is 3.29. The van der Waals surface area contributed by atoms with Crippen LogP contribution < -0.4 is 0 Å². The van der Waals surface area contributed by atoms with E-state index in [0.29, 0.717) is 0 Å². The molecule has 0 saturated carbocycles. The third-order valence-electron chi connectivity index (χ3n) is 3.47. The van der Waals surface area contributed by atoms with Crippen LogP contribution in [0.5, 0.6) is 0 Å². The Bertz CT molecular complexity index is 844. The number of nitrogens with one attached hydrogen (secondary N) is 1. The lowest BCUT2D eigenvalue weighted by Gasteiger charge is -2.12. The molecule has 0 fully saturated rings. The SMILES string of the molecule is C=Cc1c(-c2ccccc2)c2cc(C)ccc2[nH]c1=S. The minimum Gasteiger partial charge on any atom is -0.346 e. The van der Waals surface area contributed by atoms with Gasteiger partial charge in [-0.15, -0.1) is 0 Å². The van der Waals surface area contributed by atoms with Gasteiger partial charge in [-0.1, -0.05) is 66.8 Å². The molecule has 1 N–H and O–H groups in total. The molecule has 0 aliphatic heterocycles. The summed E-state index contributed by atoms with van der Waals surface area (Å²) in [6.45, 7) is 6.02. The number of aryl methyl sites for hydroxylation is 1. The van der Waals surface area contributed by atoms with Crippen LogP contribution >= 0.6 is 12.2 Å². The molecule has 1 heterocycles. The van der Waals surface area contributed by atoms with Crippen molar-refractivity contribution in [1.29, 1.82) is 0 Å². The molecule has 1 aromatic heterocycles. The van der Waals surface area contributed by atoms with Crippen molar-refractivity contribution < 1.29 is 0 Å². The fourth-order valence-corrected chi connectivity index (χ4v) is 2.83. The van der Waals surface area contributed by atoms with E-state index in [4.69, 9.17) is 12.2 Å². The highest BCUT2D eigenvalue weighted by molar-refractivity contribution is 7.71. The average molecular weight is 277 g/mol. The van der Waals surface area contributed by atoms with Gasteiger partial charge in [-0.25, -0.2) is 0 Å². The summed E-state index contributed by atoms with van der Waals surface area (Å²) < 4.78 is 0.732. The molecular formula is C18H15NS. The monoisotopic (exact) mass is 277 g/mol. The third-order valence-corrected chi connectivity index (χ3v) is 3.80. The Morgan fingerprint density at radius 3 is 2.55 bits per heavy atom. The zero-order chi connectivity index (χ0) is 14.1. The second-order valence-corrected chi connectivity index (χ2v) is 5.27. The van der Waals surface area contributed by atoms with Crippen LogP contribution in [0.2, 0.25) is 0 Å². The third kappa shape index (κ3) is 2.08. The van der Waals surface area contributed by atoms with Gasteiger partial charge in [-0.3, -0.25) is 0 Å². The Labute approximate surface area is 123 Å². The molecule has 1 nitrogen and oxygen atoms in total. The molecule has 0 aliphatic carbocycles. The van der Waals surface area contributed by atoms with Crippen LogP contribution in [0.1, 0.15) is 11.1 Å². The Morgan fingerprint density at radius 2 is 1.85 bits per heavy atom. The van der Waals surface area contributed by atoms with Crippen molar-refractivity contribution in [2.75, 3.05) is 0 Å². The van der Waals surface area contributed by atoms with Gasteiger partial charge in [0.25, 0.3) is 0 Å². The van der Waals surface area contributed by atoms with Gasteiger partial charge in [0, 0.05) is 22.0 Å². The highest BCUT2D eigenvalue weighted by Crippen LogP contribution is 2.32. The fourth-order valence-electron chi connectivity index (χ4n) is 2.53. The van der Waals surface area contributed by atoms with E-state index in [9.17, 15) is 0 Å². The molecule has 3 rings (SSSR count). The molecule has 0 radical (unpaired) electrons. The number of H-pyrrole nitrogens is 1. The van der Waals surface area contributed by atoms with Gasteiger partial charge >= 0.3 is 0 Å². The lowest BCUT2D eigenvalue weighted by molar-refractivity contribution is 1.35. The van der Waals surface area contributed by atoms with E-state index in [0.717, 1.165) is 26.8 Å². The Kier molecular flexibility index (Phi) is 3.25. The normalized spacial score (nSPS) is 10.7. The predicted molar refractivity (Wildman–Crippen MR) is 89.4 cm³/mol. The molecule has 0 atom stereocenters. The van der Waals surface area contributed by atoms with Gasteiger partial charge in [0.05, 0.1) is 0 Å². The van der Waals surface area contributed by atoms with Crippen molar-refractivity contribution >= 4 is 29.2 Å². The standard InChI is InChI=1S/C18H15NS/c1-3-14-17(13-7-5-4-6-8-13)15-11-12(2)9-10-16(15)19-18(14)20/h3-11H,1H2,2H3,(H,19,20). The van der Waals surface area contributed by atoms with Gasteiger partial charge in [-0.2, -0.15) is 0 Å². The zero-order valence-corrected chi connectivity index (χ0v) is 12.1. The first-order valence-electron chi connectivity index (χ1n) is 6.55. The second kappa shape index (κ2) is 5.06. The number of aromatic amines is 1. The molecule has 0 unspecified atom stereocenters. The van der Waals surface area contributed by atoms with E-state index in [1.165, 1.54) is 10.9 Å². The van der Waals surface area contributed by atoms with Crippen LogP contribution in [-0.2, 0) is 0 Å². The largest absolute Gasteiger partial charge is 0.346 e. The lowest BCUT2D eigenvalue weighted by atomic mass is 9.95. The summed E-state index contributed by atoms with van der Waals surface area (Å²) in [7, 11) is 0. The van der Waals surface area contributed by atoms with Crippen molar-refractivity contribution in [3.05, 3.63) is 70.9 Å². The van der Waals surface area contributed by atoms with Crippen molar-refractivity contribution in [3.63, 3.8) is 0 Å². The van der Waals surface area contributed by atoms with Crippen molar-refractivity contribution in [3.8, 4) is 11.1 Å². The van der Waals surface area contributed by atoms with E-state index >= 15 is 0 Å². The average Bonchev–Trinajstić information content (AvgIpc) is 2.47. The molecular weight excluding hydrogens is 262 g/mol. The maximum Gasteiger partial charge on any atom is 0.111 e. The van der Waals surface area contributed by atoms with Gasteiger partial charge < -0.3 is 4.98 Å². The Balaban J connectivity index is 2.52. The summed E-state index contributed by atoms with van der Waals surface area (Å²) in [5, 5.41) is 1.18. The van der Waals surface area contributed by atoms with Crippen LogP contribution in [0.3, 0.4) is 0 Å². The fraction of sp³-hybridized carbons (Fsp3) is 0.0556. The molecule has 2 heteroatoms. The zero-order valence-electron chi connectivity index (χ0n) is 11.3. The molecule has 0 bridgehead atoms. The highest BCUT2D eigenvalue weighted by atomic mass is 32.1. The second-order valence-electron chi connectivity index (χ2n) is 4.86. The topological polar surface area (TPSA) is 15.8 Å². The smallest absolute Gasteiger partial charge is 0.111 e. The van der Waals surface area contributed by atoms with Crippen molar-refractivity contribution in [2.45, 2.75) is 6.92 Å². The minimum atomic E-state index is 0.732.